The molecule has 128 valence electrons. The largest absolute Gasteiger partial charge is 0.380 e. The predicted molar refractivity (Wildman–Crippen MR) is 96.2 cm³/mol. The van der Waals surface area contributed by atoms with Gasteiger partial charge in [-0.05, 0) is 36.8 Å². The molecule has 0 radical (unpaired) electrons. The van der Waals surface area contributed by atoms with Gasteiger partial charge in [0.2, 0.25) is 0 Å². The maximum absolute atomic E-state index is 12.5. The molecule has 1 aromatic heterocycles. The van der Waals surface area contributed by atoms with E-state index in [-0.39, 0.29) is 5.91 Å². The smallest absolute Gasteiger partial charge is 0.255 e. The van der Waals surface area contributed by atoms with Gasteiger partial charge >= 0.3 is 0 Å². The van der Waals surface area contributed by atoms with Gasteiger partial charge < -0.3 is 14.6 Å². The first-order valence-corrected chi connectivity index (χ1v) is 8.08. The summed E-state index contributed by atoms with van der Waals surface area (Å²) in [7, 11) is 1.63. The number of methoxy groups -OCH3 is 1. The van der Waals surface area contributed by atoms with Crippen LogP contribution in [0.4, 0.5) is 5.69 Å². The molecule has 0 aliphatic carbocycles. The van der Waals surface area contributed by atoms with E-state index in [1.54, 1.807) is 19.5 Å². The summed E-state index contributed by atoms with van der Waals surface area (Å²) < 4.78 is 7.07. The molecule has 0 bridgehead atoms. The van der Waals surface area contributed by atoms with Crippen molar-refractivity contribution < 1.29 is 9.53 Å². The average molecular weight is 336 g/mol. The van der Waals surface area contributed by atoms with Gasteiger partial charge in [0.1, 0.15) is 6.33 Å². The molecule has 0 fully saturated rings. The lowest BCUT2D eigenvalue weighted by Crippen LogP contribution is -2.12. The quantitative estimate of drug-likeness (QED) is 0.749. The summed E-state index contributed by atoms with van der Waals surface area (Å²) in [4.78, 5) is 12.5. The fraction of sp³-hybridized carbons (Fsp3) is 0.211. The molecule has 6 heteroatoms. The van der Waals surface area contributed by atoms with E-state index in [9.17, 15) is 4.79 Å². The number of benzene rings is 2. The van der Waals surface area contributed by atoms with Crippen LogP contribution in [0.3, 0.4) is 0 Å². The first-order chi connectivity index (χ1) is 12.2. The minimum atomic E-state index is -0.160. The zero-order valence-corrected chi connectivity index (χ0v) is 14.3. The van der Waals surface area contributed by atoms with Gasteiger partial charge in [0.15, 0.2) is 5.82 Å². The average Bonchev–Trinajstić information content (AvgIpc) is 3.11. The van der Waals surface area contributed by atoms with Crippen molar-refractivity contribution in [3.8, 4) is 11.4 Å². The van der Waals surface area contributed by atoms with Crippen LogP contribution >= 0.6 is 0 Å². The van der Waals surface area contributed by atoms with Gasteiger partial charge in [0.05, 0.1) is 6.61 Å². The lowest BCUT2D eigenvalue weighted by atomic mass is 10.1. The topological polar surface area (TPSA) is 69.0 Å². The number of nitrogens with zero attached hydrogens (tertiary/aromatic N) is 3. The van der Waals surface area contributed by atoms with Crippen LogP contribution < -0.4 is 5.32 Å². The van der Waals surface area contributed by atoms with E-state index in [1.165, 1.54) is 0 Å². The standard InChI is InChI=1S/C19H20N4O2/c1-3-23-13-20-22-18(23)15-7-5-9-17(11-15)21-19(24)16-8-4-6-14(10-16)12-25-2/h4-11,13H,3,12H2,1-2H3,(H,21,24). The Balaban J connectivity index is 1.80. The number of hydrogen-bond donors (Lipinski definition) is 1. The first kappa shape index (κ1) is 16.9. The fourth-order valence-electron chi connectivity index (χ4n) is 2.62. The Hall–Kier alpha value is -2.99. The number of hydrogen-bond acceptors (Lipinski definition) is 4. The molecule has 0 spiro atoms. The number of carbonyl (C=O) groups is 1. The number of ether oxygens (including phenoxy) is 1. The van der Waals surface area contributed by atoms with E-state index in [1.807, 2.05) is 54.0 Å². The molecule has 0 saturated carbocycles. The molecule has 2 aromatic carbocycles. The molecule has 1 amide bonds. The molecule has 0 saturated heterocycles. The summed E-state index contributed by atoms with van der Waals surface area (Å²) in [5.74, 6) is 0.618. The molecule has 0 atom stereocenters. The highest BCUT2D eigenvalue weighted by Crippen LogP contribution is 2.21. The van der Waals surface area contributed by atoms with Crippen molar-refractivity contribution in [1.82, 2.24) is 14.8 Å². The molecular formula is C19H20N4O2. The molecule has 3 aromatic rings. The maximum Gasteiger partial charge on any atom is 0.255 e. The van der Waals surface area contributed by atoms with Gasteiger partial charge in [-0.1, -0.05) is 24.3 Å². The Labute approximate surface area is 146 Å². The van der Waals surface area contributed by atoms with Crippen LogP contribution in [0.25, 0.3) is 11.4 Å². The minimum Gasteiger partial charge on any atom is -0.380 e. The Morgan fingerprint density at radius 1 is 1.20 bits per heavy atom. The van der Waals surface area contributed by atoms with Crippen LogP contribution in [0.5, 0.6) is 0 Å². The number of aromatic nitrogens is 3. The molecule has 1 heterocycles. The molecule has 6 nitrogen and oxygen atoms in total. The van der Waals surface area contributed by atoms with Crippen molar-refractivity contribution in [2.24, 2.45) is 0 Å². The molecule has 0 aliphatic heterocycles. The summed E-state index contributed by atoms with van der Waals surface area (Å²) in [5, 5.41) is 11.0. The van der Waals surface area contributed by atoms with E-state index in [0.29, 0.717) is 17.9 Å². The Kier molecular flexibility index (Phi) is 5.20. The summed E-state index contributed by atoms with van der Waals surface area (Å²) in [6.07, 6.45) is 1.70. The van der Waals surface area contributed by atoms with Gasteiger partial charge in [-0.2, -0.15) is 0 Å². The Morgan fingerprint density at radius 3 is 2.84 bits per heavy atom. The highest BCUT2D eigenvalue weighted by Gasteiger charge is 2.10. The third-order valence-corrected chi connectivity index (χ3v) is 3.84. The van der Waals surface area contributed by atoms with Crippen molar-refractivity contribution in [3.05, 3.63) is 66.0 Å². The number of nitrogens with one attached hydrogen (secondary N) is 1. The molecule has 1 N–H and O–H groups in total. The maximum atomic E-state index is 12.5. The lowest BCUT2D eigenvalue weighted by molar-refractivity contribution is 0.102. The van der Waals surface area contributed by atoms with Crippen molar-refractivity contribution in [1.29, 1.82) is 0 Å². The molecule has 0 unspecified atom stereocenters. The third-order valence-electron chi connectivity index (χ3n) is 3.84. The second-order valence-corrected chi connectivity index (χ2v) is 5.61. The normalized spacial score (nSPS) is 10.6. The zero-order chi connectivity index (χ0) is 17.6. The van der Waals surface area contributed by atoms with Crippen LogP contribution in [0.15, 0.2) is 54.9 Å². The minimum absolute atomic E-state index is 0.160. The highest BCUT2D eigenvalue weighted by molar-refractivity contribution is 6.04. The summed E-state index contributed by atoms with van der Waals surface area (Å²) in [6.45, 7) is 3.29. The monoisotopic (exact) mass is 336 g/mol. The van der Waals surface area contributed by atoms with Crippen LogP contribution in [0.1, 0.15) is 22.8 Å². The van der Waals surface area contributed by atoms with Crippen molar-refractivity contribution >= 4 is 11.6 Å². The molecular weight excluding hydrogens is 316 g/mol. The Morgan fingerprint density at radius 2 is 2.04 bits per heavy atom. The van der Waals surface area contributed by atoms with Gasteiger partial charge in [0.25, 0.3) is 5.91 Å². The third kappa shape index (κ3) is 3.92. The number of carbonyl (C=O) groups excluding carboxylic acids is 1. The van der Waals surface area contributed by atoms with E-state index in [0.717, 1.165) is 23.5 Å². The van der Waals surface area contributed by atoms with Crippen LogP contribution in [-0.4, -0.2) is 27.8 Å². The SMILES string of the molecule is CCn1cnnc1-c1cccc(NC(=O)c2cccc(COC)c2)c1. The van der Waals surface area contributed by atoms with E-state index in [2.05, 4.69) is 15.5 Å². The Bertz CT molecular complexity index is 873. The second kappa shape index (κ2) is 7.72. The predicted octanol–water partition coefficient (Wildman–Crippen LogP) is 3.36. The molecule has 25 heavy (non-hydrogen) atoms. The van der Waals surface area contributed by atoms with Crippen molar-refractivity contribution in [3.63, 3.8) is 0 Å². The van der Waals surface area contributed by atoms with Gasteiger partial charge in [-0.3, -0.25) is 4.79 Å². The fourth-order valence-corrected chi connectivity index (χ4v) is 2.62. The molecule has 3 rings (SSSR count). The number of rotatable bonds is 6. The second-order valence-electron chi connectivity index (χ2n) is 5.61. The number of amides is 1. The van der Waals surface area contributed by atoms with Gasteiger partial charge in [0, 0.05) is 30.5 Å². The van der Waals surface area contributed by atoms with Crippen LogP contribution in [0, 0.1) is 0 Å². The number of anilines is 1. The molecule has 0 aliphatic rings. The first-order valence-electron chi connectivity index (χ1n) is 8.08. The summed E-state index contributed by atoms with van der Waals surface area (Å²) in [5.41, 5.74) is 3.17. The number of aryl methyl sites for hydroxylation is 1. The summed E-state index contributed by atoms with van der Waals surface area (Å²) >= 11 is 0. The highest BCUT2D eigenvalue weighted by atomic mass is 16.5. The lowest BCUT2D eigenvalue weighted by Gasteiger charge is -2.09. The van der Waals surface area contributed by atoms with Crippen molar-refractivity contribution in [2.75, 3.05) is 12.4 Å². The van der Waals surface area contributed by atoms with Crippen LogP contribution in [0.2, 0.25) is 0 Å². The van der Waals surface area contributed by atoms with Crippen LogP contribution in [-0.2, 0) is 17.9 Å². The van der Waals surface area contributed by atoms with Crippen molar-refractivity contribution in [2.45, 2.75) is 20.1 Å². The summed E-state index contributed by atoms with van der Waals surface area (Å²) in [6, 6.07) is 15.0. The van der Waals surface area contributed by atoms with E-state index < -0.39 is 0 Å². The zero-order valence-electron chi connectivity index (χ0n) is 14.3. The van der Waals surface area contributed by atoms with Gasteiger partial charge in [-0.25, -0.2) is 0 Å². The van der Waals surface area contributed by atoms with E-state index in [4.69, 9.17) is 4.74 Å². The van der Waals surface area contributed by atoms with Gasteiger partial charge in [-0.15, -0.1) is 10.2 Å². The van der Waals surface area contributed by atoms with E-state index >= 15 is 0 Å².